The van der Waals surface area contributed by atoms with Crippen LogP contribution in [0, 0.1) is 0 Å². The lowest BCUT2D eigenvalue weighted by molar-refractivity contribution is -0.893. The quantitative estimate of drug-likeness (QED) is 0.619. The van der Waals surface area contributed by atoms with E-state index in [2.05, 4.69) is 19.2 Å². The van der Waals surface area contributed by atoms with E-state index in [9.17, 15) is 4.79 Å². The Bertz CT molecular complexity index is 602. The Morgan fingerprint density at radius 2 is 1.71 bits per heavy atom. The van der Waals surface area contributed by atoms with Crippen LogP contribution in [0.1, 0.15) is 22.8 Å². The molecule has 1 unspecified atom stereocenters. The van der Waals surface area contributed by atoms with Crippen molar-refractivity contribution < 1.29 is 31.6 Å². The molecule has 5 heteroatoms. The van der Waals surface area contributed by atoms with Gasteiger partial charge in [0, 0.05) is 5.56 Å². The molecule has 2 aromatic rings. The molecule has 0 aliphatic rings. The minimum Gasteiger partial charge on any atom is -1.00 e. The molecule has 0 heterocycles. The number of carbonyl (C=O) groups excluding carboxylic acids is 1. The van der Waals surface area contributed by atoms with Crippen LogP contribution in [-0.2, 0) is 11.3 Å². The van der Waals surface area contributed by atoms with Crippen molar-refractivity contribution in [2.75, 3.05) is 26.8 Å². The predicted molar refractivity (Wildman–Crippen MR) is 89.8 cm³/mol. The molecule has 0 saturated carbocycles. The van der Waals surface area contributed by atoms with Crippen LogP contribution >= 0.6 is 0 Å². The zero-order valence-electron chi connectivity index (χ0n) is 14.1. The average molecular weight is 350 g/mol. The second kappa shape index (κ2) is 10.7. The van der Waals surface area contributed by atoms with Crippen LogP contribution in [0.25, 0.3) is 0 Å². The normalized spacial score (nSPS) is 11.2. The van der Waals surface area contributed by atoms with E-state index in [1.54, 1.807) is 24.3 Å². The number of quaternary nitrogens is 1. The Labute approximate surface area is 149 Å². The third-order valence-corrected chi connectivity index (χ3v) is 3.51. The molecule has 0 amide bonds. The maximum atomic E-state index is 12.0. The smallest absolute Gasteiger partial charge is 0.338 e. The summed E-state index contributed by atoms with van der Waals surface area (Å²) in [6.45, 7) is 4.64. The first-order valence-corrected chi connectivity index (χ1v) is 7.94. The molecule has 24 heavy (non-hydrogen) atoms. The second-order valence-electron chi connectivity index (χ2n) is 5.46. The number of ether oxygens (including phenoxy) is 2. The van der Waals surface area contributed by atoms with Gasteiger partial charge in [0.2, 0.25) is 0 Å². The van der Waals surface area contributed by atoms with Gasteiger partial charge in [0.15, 0.2) is 0 Å². The maximum Gasteiger partial charge on any atom is 0.338 e. The third kappa shape index (κ3) is 6.60. The topological polar surface area (TPSA) is 40.0 Å². The Balaban J connectivity index is 0.00000288. The molecule has 4 nitrogen and oxygen atoms in total. The first-order chi connectivity index (χ1) is 11.2. The molecule has 130 valence electrons. The van der Waals surface area contributed by atoms with Crippen molar-refractivity contribution in [1.82, 2.24) is 0 Å². The standard InChI is InChI=1S/C19H23NO3.ClH/c1-3-22-18-11-9-17(10-12-18)19(21)23-14-13-20(2)15-16-7-5-4-6-8-16;/h4-12H,3,13-15H2,1-2H3;1H. The van der Waals surface area contributed by atoms with Gasteiger partial charge in [0.1, 0.15) is 25.4 Å². The van der Waals surface area contributed by atoms with Gasteiger partial charge in [-0.3, -0.25) is 0 Å². The van der Waals surface area contributed by atoms with Crippen molar-refractivity contribution in [2.24, 2.45) is 0 Å². The number of halogens is 1. The summed E-state index contributed by atoms with van der Waals surface area (Å²) in [6.07, 6.45) is 0. The van der Waals surface area contributed by atoms with Crippen LogP contribution in [0.15, 0.2) is 54.6 Å². The van der Waals surface area contributed by atoms with Gasteiger partial charge >= 0.3 is 5.97 Å². The maximum absolute atomic E-state index is 12.0. The van der Waals surface area contributed by atoms with Crippen LogP contribution in [0.3, 0.4) is 0 Å². The summed E-state index contributed by atoms with van der Waals surface area (Å²) >= 11 is 0. The van der Waals surface area contributed by atoms with Crippen molar-refractivity contribution in [1.29, 1.82) is 0 Å². The molecule has 0 bridgehead atoms. The highest BCUT2D eigenvalue weighted by Crippen LogP contribution is 2.12. The zero-order valence-corrected chi connectivity index (χ0v) is 14.9. The van der Waals surface area contributed by atoms with Crippen LogP contribution in [-0.4, -0.2) is 32.8 Å². The minimum absolute atomic E-state index is 0. The van der Waals surface area contributed by atoms with Crippen molar-refractivity contribution >= 4 is 5.97 Å². The molecule has 0 radical (unpaired) electrons. The highest BCUT2D eigenvalue weighted by atomic mass is 35.5. The monoisotopic (exact) mass is 349 g/mol. The zero-order chi connectivity index (χ0) is 16.5. The molecule has 0 spiro atoms. The number of benzene rings is 2. The SMILES string of the molecule is CCOc1ccc(C(=O)OCC[NH+](C)Cc2ccccc2)cc1.[Cl-]. The molecule has 1 atom stereocenters. The van der Waals surface area contributed by atoms with Crippen LogP contribution in [0.2, 0.25) is 0 Å². The number of esters is 1. The summed E-state index contributed by atoms with van der Waals surface area (Å²) in [6, 6.07) is 17.3. The van der Waals surface area contributed by atoms with Crippen molar-refractivity contribution in [3.8, 4) is 5.75 Å². The van der Waals surface area contributed by atoms with Gasteiger partial charge < -0.3 is 26.8 Å². The highest BCUT2D eigenvalue weighted by Gasteiger charge is 2.09. The number of hydrogen-bond donors (Lipinski definition) is 1. The van der Waals surface area contributed by atoms with E-state index >= 15 is 0 Å². The molecule has 2 rings (SSSR count). The Kier molecular flexibility index (Phi) is 8.90. The van der Waals surface area contributed by atoms with E-state index < -0.39 is 0 Å². The molecule has 2 aromatic carbocycles. The van der Waals surface area contributed by atoms with Crippen LogP contribution < -0.4 is 22.0 Å². The summed E-state index contributed by atoms with van der Waals surface area (Å²) in [5, 5.41) is 0. The molecular weight excluding hydrogens is 326 g/mol. The van der Waals surface area contributed by atoms with Gasteiger partial charge in [-0.25, -0.2) is 4.79 Å². The van der Waals surface area contributed by atoms with Gasteiger partial charge in [-0.1, -0.05) is 30.3 Å². The molecule has 0 fully saturated rings. The van der Waals surface area contributed by atoms with Crippen molar-refractivity contribution in [3.05, 3.63) is 65.7 Å². The lowest BCUT2D eigenvalue weighted by Crippen LogP contribution is -3.08. The third-order valence-electron chi connectivity index (χ3n) is 3.51. The van der Waals surface area contributed by atoms with Gasteiger partial charge in [-0.05, 0) is 31.2 Å². The lowest BCUT2D eigenvalue weighted by Gasteiger charge is -2.14. The van der Waals surface area contributed by atoms with E-state index in [0.717, 1.165) is 18.8 Å². The fourth-order valence-corrected chi connectivity index (χ4v) is 2.29. The van der Waals surface area contributed by atoms with Crippen LogP contribution in [0.4, 0.5) is 0 Å². The summed E-state index contributed by atoms with van der Waals surface area (Å²) in [5.74, 6) is 0.469. The van der Waals surface area contributed by atoms with Crippen LogP contribution in [0.5, 0.6) is 5.75 Å². The number of hydrogen-bond acceptors (Lipinski definition) is 3. The number of nitrogens with one attached hydrogen (secondary N) is 1. The van der Waals surface area contributed by atoms with Gasteiger partial charge in [-0.2, -0.15) is 0 Å². The summed E-state index contributed by atoms with van der Waals surface area (Å²) in [4.78, 5) is 13.3. The molecular formula is C19H24ClNO3. The van der Waals surface area contributed by atoms with E-state index in [4.69, 9.17) is 9.47 Å². The first-order valence-electron chi connectivity index (χ1n) is 7.94. The number of likely N-dealkylation sites (N-methyl/N-ethyl adjacent to an activating group) is 1. The lowest BCUT2D eigenvalue weighted by atomic mass is 10.2. The van der Waals surface area contributed by atoms with Gasteiger partial charge in [0.25, 0.3) is 0 Å². The number of rotatable bonds is 8. The van der Waals surface area contributed by atoms with Gasteiger partial charge in [-0.15, -0.1) is 0 Å². The van der Waals surface area contributed by atoms with Crippen molar-refractivity contribution in [3.63, 3.8) is 0 Å². The summed E-state index contributed by atoms with van der Waals surface area (Å²) in [5.41, 5.74) is 1.83. The van der Waals surface area contributed by atoms with Crippen molar-refractivity contribution in [2.45, 2.75) is 13.5 Å². The second-order valence-corrected chi connectivity index (χ2v) is 5.46. The molecule has 0 aliphatic carbocycles. The van der Waals surface area contributed by atoms with E-state index in [1.807, 2.05) is 25.1 Å². The van der Waals surface area contributed by atoms with E-state index in [1.165, 1.54) is 10.5 Å². The first kappa shape index (κ1) is 20.0. The predicted octanol–water partition coefficient (Wildman–Crippen LogP) is -1.04. The minimum atomic E-state index is -0.291. The highest BCUT2D eigenvalue weighted by molar-refractivity contribution is 5.89. The fourth-order valence-electron chi connectivity index (χ4n) is 2.29. The largest absolute Gasteiger partial charge is 1.00 e. The average Bonchev–Trinajstić information content (AvgIpc) is 2.56. The molecule has 0 aliphatic heterocycles. The molecule has 0 aromatic heterocycles. The Hall–Kier alpha value is -2.04. The summed E-state index contributed by atoms with van der Waals surface area (Å²) in [7, 11) is 2.09. The Morgan fingerprint density at radius 3 is 2.33 bits per heavy atom. The Morgan fingerprint density at radius 1 is 1.04 bits per heavy atom. The number of carbonyl (C=O) groups is 1. The van der Waals surface area contributed by atoms with Gasteiger partial charge in [0.05, 0.1) is 19.2 Å². The van der Waals surface area contributed by atoms with E-state index in [0.29, 0.717) is 18.8 Å². The summed E-state index contributed by atoms with van der Waals surface area (Å²) < 4.78 is 10.7. The fraction of sp³-hybridized carbons (Fsp3) is 0.316. The van der Waals surface area contributed by atoms with E-state index in [-0.39, 0.29) is 18.4 Å². The molecule has 1 N–H and O–H groups in total. The molecule has 0 saturated heterocycles.